The lowest BCUT2D eigenvalue weighted by Gasteiger charge is -2.21. The van der Waals surface area contributed by atoms with E-state index in [0.717, 1.165) is 47.7 Å². The van der Waals surface area contributed by atoms with E-state index in [1.165, 1.54) is 0 Å². The fourth-order valence-electron chi connectivity index (χ4n) is 3.09. The molecule has 4 heteroatoms. The van der Waals surface area contributed by atoms with Crippen molar-refractivity contribution in [3.63, 3.8) is 0 Å². The molecule has 0 bridgehead atoms. The Morgan fingerprint density at radius 2 is 2.00 bits per heavy atom. The van der Waals surface area contributed by atoms with Gasteiger partial charge in [-0.25, -0.2) is 0 Å². The Bertz CT molecular complexity index is 518. The molecule has 3 rings (SSSR count). The van der Waals surface area contributed by atoms with Crippen LogP contribution in [0.15, 0.2) is 16.6 Å². The predicted molar refractivity (Wildman–Crippen MR) is 68.3 cm³/mol. The van der Waals surface area contributed by atoms with Crippen molar-refractivity contribution in [1.82, 2.24) is 0 Å². The van der Waals surface area contributed by atoms with E-state index < -0.39 is 0 Å². The van der Waals surface area contributed by atoms with Gasteiger partial charge in [0, 0.05) is 21.3 Å². The van der Waals surface area contributed by atoms with Crippen LogP contribution in [0, 0.1) is 0 Å². The molecule has 1 N–H and O–H groups in total. The third-order valence-corrected chi connectivity index (χ3v) is 4.49. The quantitative estimate of drug-likeness (QED) is 0.809. The van der Waals surface area contributed by atoms with Gasteiger partial charge in [-0.15, -0.1) is 0 Å². The maximum Gasteiger partial charge on any atom is 0.235 e. The molecule has 1 amide bonds. The van der Waals surface area contributed by atoms with E-state index in [4.69, 9.17) is 0 Å². The van der Waals surface area contributed by atoms with Gasteiger partial charge >= 0.3 is 0 Å². The smallest absolute Gasteiger partial charge is 0.235 e. The Morgan fingerprint density at radius 3 is 2.65 bits per heavy atom. The van der Waals surface area contributed by atoms with Crippen molar-refractivity contribution >= 4 is 33.8 Å². The second kappa shape index (κ2) is 3.67. The van der Waals surface area contributed by atoms with Gasteiger partial charge in [-0.2, -0.15) is 0 Å². The minimum Gasteiger partial charge on any atom is -0.325 e. The first kappa shape index (κ1) is 11.0. The fourth-order valence-corrected chi connectivity index (χ4v) is 3.95. The van der Waals surface area contributed by atoms with Crippen molar-refractivity contribution in [3.05, 3.63) is 27.7 Å². The first-order valence-electron chi connectivity index (χ1n) is 5.78. The molecule has 2 aliphatic rings. The van der Waals surface area contributed by atoms with Crippen molar-refractivity contribution in [2.45, 2.75) is 31.1 Å². The predicted octanol–water partition coefficient (Wildman–Crippen LogP) is 3.03. The highest BCUT2D eigenvalue weighted by molar-refractivity contribution is 9.10. The Kier molecular flexibility index (Phi) is 2.36. The van der Waals surface area contributed by atoms with Crippen LogP contribution in [0.25, 0.3) is 0 Å². The highest BCUT2D eigenvalue weighted by Gasteiger charge is 2.49. The summed E-state index contributed by atoms with van der Waals surface area (Å²) in [4.78, 5) is 23.0. The minimum atomic E-state index is -0.352. The lowest BCUT2D eigenvalue weighted by atomic mass is 9.80. The average molecular weight is 294 g/mol. The van der Waals surface area contributed by atoms with Crippen LogP contribution in [0.3, 0.4) is 0 Å². The topological polar surface area (TPSA) is 46.2 Å². The number of aldehydes is 1. The summed E-state index contributed by atoms with van der Waals surface area (Å²) in [7, 11) is 0. The first-order chi connectivity index (χ1) is 8.17. The molecule has 1 heterocycles. The van der Waals surface area contributed by atoms with E-state index in [2.05, 4.69) is 21.2 Å². The zero-order chi connectivity index (χ0) is 12.0. The minimum absolute atomic E-state index is 0.0914. The molecule has 17 heavy (non-hydrogen) atoms. The number of anilines is 1. The highest BCUT2D eigenvalue weighted by Crippen LogP contribution is 2.51. The van der Waals surface area contributed by atoms with E-state index in [1.807, 2.05) is 0 Å². The normalized spacial score (nSPS) is 20.4. The number of rotatable bonds is 1. The van der Waals surface area contributed by atoms with E-state index in [1.54, 1.807) is 12.1 Å². The molecule has 0 saturated heterocycles. The summed E-state index contributed by atoms with van der Waals surface area (Å²) in [6, 6.07) is 3.56. The standard InChI is InChI=1S/C13H12BrNO2/c14-9-5-8(7-16)6-10-11(9)13(12(17)15-10)3-1-2-4-13/h5-7H,1-4H2,(H,15,17). The van der Waals surface area contributed by atoms with E-state index in [0.29, 0.717) is 5.56 Å². The number of hydrogen-bond acceptors (Lipinski definition) is 2. The Hall–Kier alpha value is -1.16. The summed E-state index contributed by atoms with van der Waals surface area (Å²) in [6.07, 6.45) is 4.80. The highest BCUT2D eigenvalue weighted by atomic mass is 79.9. The van der Waals surface area contributed by atoms with Crippen LogP contribution in [-0.4, -0.2) is 12.2 Å². The van der Waals surface area contributed by atoms with Crippen molar-refractivity contribution < 1.29 is 9.59 Å². The largest absolute Gasteiger partial charge is 0.325 e. The Balaban J connectivity index is 2.22. The van der Waals surface area contributed by atoms with Crippen LogP contribution >= 0.6 is 15.9 Å². The molecule has 1 spiro atoms. The molecule has 1 aliphatic heterocycles. The molecular formula is C13H12BrNO2. The molecule has 0 radical (unpaired) electrons. The second-order valence-corrected chi connectivity index (χ2v) is 5.64. The first-order valence-corrected chi connectivity index (χ1v) is 6.57. The number of carbonyl (C=O) groups is 2. The molecule has 0 atom stereocenters. The molecule has 1 fully saturated rings. The monoisotopic (exact) mass is 293 g/mol. The Labute approximate surface area is 108 Å². The summed E-state index contributed by atoms with van der Waals surface area (Å²) in [5.41, 5.74) is 2.08. The maximum absolute atomic E-state index is 12.2. The number of carbonyl (C=O) groups excluding carboxylic acids is 2. The number of benzene rings is 1. The summed E-state index contributed by atoms with van der Waals surface area (Å²) < 4.78 is 0.873. The van der Waals surface area contributed by atoms with Crippen molar-refractivity contribution in [1.29, 1.82) is 0 Å². The SMILES string of the molecule is O=Cc1cc(Br)c2c(c1)NC(=O)C21CCCC1. The summed E-state index contributed by atoms with van der Waals surface area (Å²) in [5, 5.41) is 2.92. The summed E-state index contributed by atoms with van der Waals surface area (Å²) in [5.74, 6) is 0.0914. The van der Waals surface area contributed by atoms with Gasteiger partial charge in [0.2, 0.25) is 5.91 Å². The van der Waals surface area contributed by atoms with Crippen LogP contribution in [0.5, 0.6) is 0 Å². The molecule has 1 aliphatic carbocycles. The second-order valence-electron chi connectivity index (χ2n) is 4.79. The third kappa shape index (κ3) is 1.40. The zero-order valence-electron chi connectivity index (χ0n) is 9.25. The summed E-state index contributed by atoms with van der Waals surface area (Å²) in [6.45, 7) is 0. The maximum atomic E-state index is 12.2. The van der Waals surface area contributed by atoms with Gasteiger partial charge in [0.05, 0.1) is 5.41 Å². The van der Waals surface area contributed by atoms with Gasteiger partial charge in [-0.05, 0) is 25.0 Å². The number of nitrogens with one attached hydrogen (secondary N) is 1. The molecule has 1 aromatic carbocycles. The van der Waals surface area contributed by atoms with Crippen molar-refractivity contribution in [3.8, 4) is 0 Å². The number of halogens is 1. The fraction of sp³-hybridized carbons (Fsp3) is 0.385. The summed E-state index contributed by atoms with van der Waals surface area (Å²) >= 11 is 3.50. The third-order valence-electron chi connectivity index (χ3n) is 3.87. The van der Waals surface area contributed by atoms with E-state index >= 15 is 0 Å². The van der Waals surface area contributed by atoms with Crippen LogP contribution < -0.4 is 5.32 Å². The molecule has 1 saturated carbocycles. The van der Waals surface area contributed by atoms with Crippen LogP contribution in [-0.2, 0) is 10.2 Å². The van der Waals surface area contributed by atoms with Gasteiger partial charge < -0.3 is 5.32 Å². The van der Waals surface area contributed by atoms with E-state index in [9.17, 15) is 9.59 Å². The van der Waals surface area contributed by atoms with Crippen LogP contribution in [0.1, 0.15) is 41.6 Å². The van der Waals surface area contributed by atoms with Gasteiger partial charge in [-0.1, -0.05) is 28.8 Å². The number of amides is 1. The van der Waals surface area contributed by atoms with Gasteiger partial charge in [0.15, 0.2) is 0 Å². The van der Waals surface area contributed by atoms with Gasteiger partial charge in [0.1, 0.15) is 6.29 Å². The lowest BCUT2D eigenvalue weighted by Crippen LogP contribution is -2.31. The molecule has 88 valence electrons. The molecule has 0 unspecified atom stereocenters. The Morgan fingerprint density at radius 1 is 1.29 bits per heavy atom. The number of fused-ring (bicyclic) bond motifs is 2. The van der Waals surface area contributed by atoms with E-state index in [-0.39, 0.29) is 11.3 Å². The van der Waals surface area contributed by atoms with Gasteiger partial charge in [-0.3, -0.25) is 9.59 Å². The number of hydrogen-bond donors (Lipinski definition) is 1. The van der Waals surface area contributed by atoms with Crippen molar-refractivity contribution in [2.24, 2.45) is 0 Å². The zero-order valence-corrected chi connectivity index (χ0v) is 10.8. The van der Waals surface area contributed by atoms with Crippen LogP contribution in [0.2, 0.25) is 0 Å². The van der Waals surface area contributed by atoms with Gasteiger partial charge in [0.25, 0.3) is 0 Å². The average Bonchev–Trinajstić information content (AvgIpc) is 2.87. The molecule has 0 aromatic heterocycles. The van der Waals surface area contributed by atoms with Crippen molar-refractivity contribution in [2.75, 3.05) is 5.32 Å². The molecule has 1 aromatic rings. The van der Waals surface area contributed by atoms with Crippen LogP contribution in [0.4, 0.5) is 5.69 Å². The molecular weight excluding hydrogens is 282 g/mol. The lowest BCUT2D eigenvalue weighted by molar-refractivity contribution is -0.120. The molecule has 3 nitrogen and oxygen atoms in total.